The lowest BCUT2D eigenvalue weighted by Gasteiger charge is -2.23. The van der Waals surface area contributed by atoms with Crippen LogP contribution in [0, 0.1) is 5.82 Å². The molecule has 0 fully saturated rings. The molecule has 0 aliphatic carbocycles. The van der Waals surface area contributed by atoms with Crippen LogP contribution in [0.3, 0.4) is 0 Å². The lowest BCUT2D eigenvalue weighted by atomic mass is 10.0. The molecule has 0 radical (unpaired) electrons. The highest BCUT2D eigenvalue weighted by molar-refractivity contribution is 5.42. The van der Waals surface area contributed by atoms with Gasteiger partial charge in [0.1, 0.15) is 11.6 Å². The van der Waals surface area contributed by atoms with Crippen LogP contribution in [0.1, 0.15) is 22.9 Å². The Hall–Kier alpha value is -1.98. The number of aromatic nitrogens is 1. The number of ether oxygens (including phenoxy) is 1. The molecule has 2 aromatic rings. The molecule has 5 heteroatoms. The topological polar surface area (TPSA) is 51.4 Å². The van der Waals surface area contributed by atoms with E-state index in [0.29, 0.717) is 30.9 Å². The average Bonchev–Trinajstić information content (AvgIpc) is 2.86. The molecule has 1 aromatic heterocycles. The van der Waals surface area contributed by atoms with E-state index >= 15 is 0 Å². The summed E-state index contributed by atoms with van der Waals surface area (Å²) in [4.78, 5) is 6.48. The third kappa shape index (κ3) is 2.62. The minimum absolute atomic E-state index is 0.00777. The number of nitrogens with two attached hydrogens (primary N) is 1. The highest BCUT2D eigenvalue weighted by Crippen LogP contribution is 2.37. The lowest BCUT2D eigenvalue weighted by molar-refractivity contribution is 0.207. The fourth-order valence-electron chi connectivity index (χ4n) is 2.87. The predicted octanol–water partition coefficient (Wildman–Crippen LogP) is 2.24. The first kappa shape index (κ1) is 14.0. The fraction of sp³-hybridized carbons (Fsp3) is 0.312. The van der Waals surface area contributed by atoms with Gasteiger partial charge in [-0.15, -0.1) is 0 Å². The third-order valence-electron chi connectivity index (χ3n) is 3.91. The first-order chi connectivity index (χ1) is 10.2. The molecular formula is C16H18FN3O. The maximum Gasteiger partial charge on any atom is 0.131 e. The number of nitrogens with zero attached hydrogens (tertiary/aromatic N) is 2. The first-order valence-corrected chi connectivity index (χ1v) is 6.93. The highest BCUT2D eigenvalue weighted by atomic mass is 19.1. The van der Waals surface area contributed by atoms with Gasteiger partial charge in [0.15, 0.2) is 0 Å². The summed E-state index contributed by atoms with van der Waals surface area (Å²) >= 11 is 0. The Kier molecular flexibility index (Phi) is 3.86. The summed E-state index contributed by atoms with van der Waals surface area (Å²) in [5.41, 5.74) is 8.50. The molecule has 1 atom stereocenters. The molecule has 2 heterocycles. The Balaban J connectivity index is 1.91. The van der Waals surface area contributed by atoms with E-state index < -0.39 is 0 Å². The molecule has 1 unspecified atom stereocenters. The molecule has 21 heavy (non-hydrogen) atoms. The molecule has 0 amide bonds. The largest absolute Gasteiger partial charge is 0.497 e. The van der Waals surface area contributed by atoms with Gasteiger partial charge < -0.3 is 10.5 Å². The van der Waals surface area contributed by atoms with Gasteiger partial charge in [-0.05, 0) is 23.8 Å². The Bertz CT molecular complexity index is 633. The van der Waals surface area contributed by atoms with Crippen molar-refractivity contribution in [1.29, 1.82) is 0 Å². The zero-order valence-corrected chi connectivity index (χ0v) is 11.9. The molecule has 110 valence electrons. The van der Waals surface area contributed by atoms with Gasteiger partial charge in [-0.1, -0.05) is 6.07 Å². The van der Waals surface area contributed by atoms with E-state index in [1.165, 1.54) is 6.07 Å². The second kappa shape index (κ2) is 5.79. The summed E-state index contributed by atoms with van der Waals surface area (Å²) in [6.07, 6.45) is 1.76. The zero-order chi connectivity index (χ0) is 14.8. The minimum atomic E-state index is -0.230. The number of halogens is 1. The second-order valence-corrected chi connectivity index (χ2v) is 5.15. The van der Waals surface area contributed by atoms with E-state index in [1.54, 1.807) is 13.3 Å². The maximum absolute atomic E-state index is 14.2. The Morgan fingerprint density at radius 2 is 2.29 bits per heavy atom. The number of fused-ring (bicyclic) bond motifs is 1. The van der Waals surface area contributed by atoms with Crippen LogP contribution in [-0.2, 0) is 13.1 Å². The van der Waals surface area contributed by atoms with Crippen molar-refractivity contribution in [3.63, 3.8) is 0 Å². The number of hydrogen-bond donors (Lipinski definition) is 1. The van der Waals surface area contributed by atoms with Crippen molar-refractivity contribution in [2.75, 3.05) is 13.7 Å². The normalized spacial score (nSPS) is 17.8. The van der Waals surface area contributed by atoms with Crippen molar-refractivity contribution in [2.24, 2.45) is 5.73 Å². The molecule has 0 saturated carbocycles. The zero-order valence-electron chi connectivity index (χ0n) is 11.9. The summed E-state index contributed by atoms with van der Waals surface area (Å²) in [5.74, 6) is 0.302. The van der Waals surface area contributed by atoms with Crippen LogP contribution in [0.4, 0.5) is 4.39 Å². The Morgan fingerprint density at radius 1 is 1.43 bits per heavy atom. The SMILES string of the molecule is COc1cc(F)c2c(c1)C(CN)N(Cc1ccccn1)C2. The van der Waals surface area contributed by atoms with Crippen molar-refractivity contribution >= 4 is 0 Å². The van der Waals surface area contributed by atoms with Crippen LogP contribution < -0.4 is 10.5 Å². The summed E-state index contributed by atoms with van der Waals surface area (Å²) in [6.45, 7) is 1.63. The van der Waals surface area contributed by atoms with E-state index in [1.807, 2.05) is 24.3 Å². The monoisotopic (exact) mass is 287 g/mol. The van der Waals surface area contributed by atoms with Gasteiger partial charge in [0.25, 0.3) is 0 Å². The van der Waals surface area contributed by atoms with E-state index in [4.69, 9.17) is 10.5 Å². The minimum Gasteiger partial charge on any atom is -0.497 e. The fourth-order valence-corrected chi connectivity index (χ4v) is 2.87. The van der Waals surface area contributed by atoms with Crippen LogP contribution in [0.15, 0.2) is 36.5 Å². The van der Waals surface area contributed by atoms with Crippen LogP contribution >= 0.6 is 0 Å². The summed E-state index contributed by atoms with van der Waals surface area (Å²) < 4.78 is 19.4. The summed E-state index contributed by atoms with van der Waals surface area (Å²) in [6, 6.07) is 9.10. The van der Waals surface area contributed by atoms with Gasteiger partial charge >= 0.3 is 0 Å². The van der Waals surface area contributed by atoms with E-state index in [9.17, 15) is 4.39 Å². The van der Waals surface area contributed by atoms with E-state index in [-0.39, 0.29) is 11.9 Å². The maximum atomic E-state index is 14.2. The molecule has 0 saturated heterocycles. The predicted molar refractivity (Wildman–Crippen MR) is 78.2 cm³/mol. The number of hydrogen-bond acceptors (Lipinski definition) is 4. The molecule has 1 aromatic carbocycles. The van der Waals surface area contributed by atoms with Gasteiger partial charge in [-0.25, -0.2) is 4.39 Å². The molecule has 2 N–H and O–H groups in total. The molecule has 3 rings (SSSR count). The van der Waals surface area contributed by atoms with Gasteiger partial charge in [0.2, 0.25) is 0 Å². The molecule has 0 spiro atoms. The molecular weight excluding hydrogens is 269 g/mol. The van der Waals surface area contributed by atoms with Crippen molar-refractivity contribution in [3.8, 4) is 5.75 Å². The summed E-state index contributed by atoms with van der Waals surface area (Å²) in [5, 5.41) is 0. The van der Waals surface area contributed by atoms with Crippen molar-refractivity contribution in [2.45, 2.75) is 19.1 Å². The smallest absolute Gasteiger partial charge is 0.131 e. The number of rotatable bonds is 4. The van der Waals surface area contributed by atoms with Crippen LogP contribution in [-0.4, -0.2) is 23.5 Å². The molecule has 0 bridgehead atoms. The van der Waals surface area contributed by atoms with Gasteiger partial charge in [0.05, 0.1) is 12.8 Å². The van der Waals surface area contributed by atoms with E-state index in [2.05, 4.69) is 9.88 Å². The molecule has 1 aliphatic heterocycles. The molecule has 1 aliphatic rings. The first-order valence-electron chi connectivity index (χ1n) is 6.93. The van der Waals surface area contributed by atoms with Crippen molar-refractivity contribution in [3.05, 3.63) is 59.2 Å². The Morgan fingerprint density at radius 3 is 2.95 bits per heavy atom. The number of pyridine rings is 1. The van der Waals surface area contributed by atoms with E-state index in [0.717, 1.165) is 11.3 Å². The number of benzene rings is 1. The van der Waals surface area contributed by atoms with Crippen molar-refractivity contribution in [1.82, 2.24) is 9.88 Å². The quantitative estimate of drug-likeness (QED) is 0.937. The lowest BCUT2D eigenvalue weighted by Crippen LogP contribution is -2.27. The van der Waals surface area contributed by atoms with Crippen molar-refractivity contribution < 1.29 is 9.13 Å². The molecule has 4 nitrogen and oxygen atoms in total. The second-order valence-electron chi connectivity index (χ2n) is 5.15. The summed E-state index contributed by atoms with van der Waals surface area (Å²) in [7, 11) is 1.54. The third-order valence-corrected chi connectivity index (χ3v) is 3.91. The van der Waals surface area contributed by atoms with Crippen LogP contribution in [0.25, 0.3) is 0 Å². The highest BCUT2D eigenvalue weighted by Gasteiger charge is 2.32. The van der Waals surface area contributed by atoms with Gasteiger partial charge in [0, 0.05) is 43.5 Å². The number of methoxy groups -OCH3 is 1. The van der Waals surface area contributed by atoms with Crippen LogP contribution in [0.2, 0.25) is 0 Å². The Labute approximate surface area is 123 Å². The van der Waals surface area contributed by atoms with Gasteiger partial charge in [-0.2, -0.15) is 0 Å². The van der Waals surface area contributed by atoms with Crippen LogP contribution in [0.5, 0.6) is 5.75 Å². The average molecular weight is 287 g/mol. The van der Waals surface area contributed by atoms with Gasteiger partial charge in [-0.3, -0.25) is 9.88 Å². The standard InChI is InChI=1S/C16H18FN3O/c1-21-12-6-13-14(15(17)7-12)10-20(16(13)8-18)9-11-4-2-3-5-19-11/h2-7,16H,8-10,18H2,1H3.